The van der Waals surface area contributed by atoms with Gasteiger partial charge in [-0.1, -0.05) is 46.4 Å². The van der Waals surface area contributed by atoms with E-state index < -0.39 is 20.0 Å². The first kappa shape index (κ1) is 70.5. The van der Waals surface area contributed by atoms with E-state index in [0.717, 1.165) is 74.1 Å². The van der Waals surface area contributed by atoms with Crippen LogP contribution in [0.15, 0.2) is 82.6 Å². The highest BCUT2D eigenvalue weighted by Gasteiger charge is 2.43. The first-order valence-electron chi connectivity index (χ1n) is 32.3. The zero-order chi connectivity index (χ0) is 64.8. The Bertz CT molecular complexity index is 3100. The number of nitrogens with one attached hydrogen (secondary N) is 4. The molecule has 0 bridgehead atoms. The van der Waals surface area contributed by atoms with E-state index in [1.807, 2.05) is 12.1 Å². The number of likely N-dealkylation sites (tertiary alicyclic amines) is 2. The molecule has 0 radical (unpaired) electrons. The summed E-state index contributed by atoms with van der Waals surface area (Å²) >= 11 is 26.2. The number of piperidine rings is 4. The molecule has 506 valence electrons. The molecule has 0 aromatic heterocycles. The average Bonchev–Trinajstić information content (AvgIpc) is 1.61. The third kappa shape index (κ3) is 18.8. The van der Waals surface area contributed by atoms with Crippen LogP contribution in [0, 0.1) is 0 Å². The lowest BCUT2D eigenvalue weighted by atomic mass is 10.0. The highest BCUT2D eigenvalue weighted by atomic mass is 35.5. The number of hydrogen-bond donors (Lipinski definition) is 6. The van der Waals surface area contributed by atoms with Crippen molar-refractivity contribution in [3.05, 3.63) is 115 Å². The molecule has 6 aliphatic rings. The van der Waals surface area contributed by atoms with Crippen molar-refractivity contribution in [1.29, 1.82) is 0 Å². The zero-order valence-electron chi connectivity index (χ0n) is 51.9. The number of hydrogen-bond acceptors (Lipinski definition) is 16. The summed E-state index contributed by atoms with van der Waals surface area (Å²) in [5.41, 5.74) is 16.6. The van der Waals surface area contributed by atoms with Gasteiger partial charge in [0.15, 0.2) is 0 Å². The van der Waals surface area contributed by atoms with Gasteiger partial charge in [-0.25, -0.2) is 26.4 Å². The lowest BCUT2D eigenvalue weighted by molar-refractivity contribution is -0.0134. The molecule has 10 rings (SSSR count). The van der Waals surface area contributed by atoms with Crippen molar-refractivity contribution in [3.8, 4) is 11.5 Å². The maximum absolute atomic E-state index is 13.7. The maximum atomic E-state index is 13.7. The van der Waals surface area contributed by atoms with E-state index in [1.165, 1.54) is 8.61 Å². The molecule has 6 atom stereocenters. The topological polar surface area (TPSA) is 271 Å². The Morgan fingerprint density at radius 3 is 1.25 bits per heavy atom. The molecule has 4 amide bonds. The molecular weight excluding hydrogens is 1310 g/mol. The van der Waals surface area contributed by atoms with Gasteiger partial charge in [-0.3, -0.25) is 9.80 Å². The number of carbonyl (C=O) groups is 2. The highest BCUT2D eigenvalue weighted by molar-refractivity contribution is 7.89. The van der Waals surface area contributed by atoms with Gasteiger partial charge in [0, 0.05) is 109 Å². The molecule has 22 nitrogen and oxygen atoms in total. The summed E-state index contributed by atoms with van der Waals surface area (Å²) in [6, 6.07) is 20.2. The SMILES string of the molecule is N[C@@H]1CCCN([C@H]2Cc3c(Cl)cc(Cl)cc3[C@@H]2Oc2ccc(S(=O)(=O)N3CCC(OCCOCCNC(=O)NCCCCNC(=O)NCCOCCOC4CCN(S(=O)(=O)c5ccc(O[C@H]6c7cc(Cl)cc(Cl)c7C[C@@H]6N6CCC[C@@H](N)C6)cc5)CC4)CC3)cc2)C1. The van der Waals surface area contributed by atoms with E-state index in [4.69, 9.17) is 86.3 Å². The molecule has 0 saturated carbocycles. The molecular formula is C64H88Cl4N10O12S2. The molecule has 28 heteroatoms. The first-order chi connectivity index (χ1) is 44.4. The van der Waals surface area contributed by atoms with Crippen molar-refractivity contribution in [3.63, 3.8) is 0 Å². The van der Waals surface area contributed by atoms with Crippen molar-refractivity contribution in [2.75, 3.05) is 118 Å². The largest absolute Gasteiger partial charge is 0.484 e. The summed E-state index contributed by atoms with van der Waals surface area (Å²) in [4.78, 5) is 29.7. The van der Waals surface area contributed by atoms with E-state index in [0.29, 0.717) is 175 Å². The fourth-order valence-corrected chi connectivity index (χ4v) is 17.4. The molecule has 4 heterocycles. The number of carbonyl (C=O) groups excluding carboxylic acids is 2. The van der Waals surface area contributed by atoms with Gasteiger partial charge in [-0.2, -0.15) is 8.61 Å². The lowest BCUT2D eigenvalue weighted by Gasteiger charge is -2.38. The van der Waals surface area contributed by atoms with E-state index in [2.05, 4.69) is 31.1 Å². The number of benzene rings is 4. The van der Waals surface area contributed by atoms with E-state index in [-0.39, 0.29) is 70.4 Å². The predicted molar refractivity (Wildman–Crippen MR) is 354 cm³/mol. The zero-order valence-corrected chi connectivity index (χ0v) is 56.6. The number of nitrogens with zero attached hydrogens (tertiary/aromatic N) is 4. The van der Waals surface area contributed by atoms with Crippen molar-refractivity contribution in [1.82, 2.24) is 39.7 Å². The van der Waals surface area contributed by atoms with E-state index in [1.54, 1.807) is 60.7 Å². The predicted octanol–water partition coefficient (Wildman–Crippen LogP) is 7.69. The third-order valence-corrected chi connectivity index (χ3v) is 23.0. The Labute approximate surface area is 561 Å². The van der Waals surface area contributed by atoms with Crippen LogP contribution in [0.4, 0.5) is 9.59 Å². The maximum Gasteiger partial charge on any atom is 0.314 e. The fraction of sp³-hybridized carbons (Fsp3) is 0.594. The second-order valence-corrected chi connectivity index (χ2v) is 30.1. The second kappa shape index (κ2) is 33.6. The highest BCUT2D eigenvalue weighted by Crippen LogP contribution is 2.45. The minimum absolute atomic E-state index is 0.0164. The summed E-state index contributed by atoms with van der Waals surface area (Å²) in [5.74, 6) is 1.11. The van der Waals surface area contributed by atoms with Crippen LogP contribution in [-0.2, 0) is 51.8 Å². The van der Waals surface area contributed by atoms with Gasteiger partial charge in [0.2, 0.25) is 20.0 Å². The lowest BCUT2D eigenvalue weighted by Crippen LogP contribution is -2.49. The summed E-state index contributed by atoms with van der Waals surface area (Å²) in [5, 5.41) is 13.4. The van der Waals surface area contributed by atoms with Crippen LogP contribution in [0.3, 0.4) is 0 Å². The quantitative estimate of drug-likeness (QED) is 0.0284. The van der Waals surface area contributed by atoms with Crippen molar-refractivity contribution >= 4 is 78.5 Å². The van der Waals surface area contributed by atoms with E-state index >= 15 is 0 Å². The van der Waals surface area contributed by atoms with Gasteiger partial charge >= 0.3 is 12.1 Å². The number of unbranched alkanes of at least 4 members (excludes halogenated alkanes) is 1. The monoisotopic (exact) mass is 1390 g/mol. The number of amides is 4. The Hall–Kier alpha value is -4.32. The van der Waals surface area contributed by atoms with Crippen LogP contribution < -0.4 is 42.2 Å². The summed E-state index contributed by atoms with van der Waals surface area (Å²) in [6.07, 6.45) is 8.05. The Morgan fingerprint density at radius 2 is 0.870 bits per heavy atom. The standard InChI is InChI=1S/C64H88Cl4N10O12S2/c65-43-35-55-53(57(67)37-43)39-59(75-23-3-5-45(69)41-75)61(55)89-49-7-11-51(12-8-49)91(81,82)77-25-15-47(16-26-77)87-33-31-85-29-21-73-63(79)71-19-1-2-20-72-64(80)74-22-30-86-32-34-88-48-17-27-78(28-18-48)92(83,84)52-13-9-50(10-14-52)90-62-56-36-44(66)38-58(68)54(56)40-60(62)76-24-4-6-46(70)42-76/h7-14,35-38,45-48,59-62H,1-6,15-34,39-42,69-70H2,(H2,71,73,79)(H2,72,74,80)/t45-,46-,59+,60+,61+,62+/m1/s1. The summed E-state index contributed by atoms with van der Waals surface area (Å²) in [6.45, 7) is 8.11. The molecule has 0 spiro atoms. The van der Waals surface area contributed by atoms with Crippen LogP contribution in [0.1, 0.15) is 98.7 Å². The number of urea groups is 2. The molecule has 4 aliphatic heterocycles. The molecule has 4 fully saturated rings. The number of rotatable bonds is 29. The molecule has 0 unspecified atom stereocenters. The Kier molecular flexibility index (Phi) is 25.7. The minimum atomic E-state index is -3.74. The first-order valence-corrected chi connectivity index (χ1v) is 36.7. The number of halogens is 4. The molecule has 8 N–H and O–H groups in total. The van der Waals surface area contributed by atoms with Crippen molar-refractivity contribution in [2.45, 2.75) is 135 Å². The molecule has 4 aromatic rings. The molecule has 4 saturated heterocycles. The van der Waals surface area contributed by atoms with Crippen molar-refractivity contribution in [2.24, 2.45) is 11.5 Å². The number of sulfonamides is 2. The van der Waals surface area contributed by atoms with Crippen molar-refractivity contribution < 1.29 is 54.8 Å². The van der Waals surface area contributed by atoms with Crippen LogP contribution in [-0.4, -0.2) is 202 Å². The van der Waals surface area contributed by atoms with Crippen LogP contribution in [0.5, 0.6) is 11.5 Å². The van der Waals surface area contributed by atoms with Crippen LogP contribution in [0.25, 0.3) is 0 Å². The third-order valence-electron chi connectivity index (χ3n) is 18.1. The summed E-state index contributed by atoms with van der Waals surface area (Å²) in [7, 11) is -7.48. The number of ether oxygens (including phenoxy) is 6. The van der Waals surface area contributed by atoms with Gasteiger partial charge < -0.3 is 61.2 Å². The number of nitrogens with two attached hydrogens (primary N) is 2. The van der Waals surface area contributed by atoms with Gasteiger partial charge in [-0.15, -0.1) is 0 Å². The molecule has 2 aliphatic carbocycles. The van der Waals surface area contributed by atoms with Crippen LogP contribution in [0.2, 0.25) is 20.1 Å². The van der Waals surface area contributed by atoms with Gasteiger partial charge in [0.25, 0.3) is 0 Å². The second-order valence-electron chi connectivity index (χ2n) is 24.5. The fourth-order valence-electron chi connectivity index (χ4n) is 13.3. The van der Waals surface area contributed by atoms with Crippen LogP contribution >= 0.6 is 46.4 Å². The number of fused-ring (bicyclic) bond motifs is 2. The van der Waals surface area contributed by atoms with E-state index in [9.17, 15) is 26.4 Å². The van der Waals surface area contributed by atoms with Gasteiger partial charge in [0.05, 0.1) is 73.7 Å². The minimum Gasteiger partial charge on any atom is -0.484 e. The molecule has 92 heavy (non-hydrogen) atoms. The van der Waals surface area contributed by atoms with Gasteiger partial charge in [-0.05, 0) is 174 Å². The average molecular weight is 1400 g/mol. The van der Waals surface area contributed by atoms with Gasteiger partial charge in [0.1, 0.15) is 23.7 Å². The Morgan fingerprint density at radius 1 is 0.489 bits per heavy atom. The smallest absolute Gasteiger partial charge is 0.314 e. The molecule has 4 aromatic carbocycles. The Balaban J connectivity index is 0.509. The normalized spacial score (nSPS) is 23.0. The summed E-state index contributed by atoms with van der Waals surface area (Å²) < 4.78 is 94.4.